The van der Waals surface area contributed by atoms with Crippen LogP contribution in [0.3, 0.4) is 0 Å². The number of amides is 2. The maximum absolute atomic E-state index is 12.1. The van der Waals surface area contributed by atoms with Crippen LogP contribution in [0, 0.1) is 0 Å². The Balaban J connectivity index is 2.47. The number of likely N-dealkylation sites (tertiary alicyclic amines) is 1. The summed E-state index contributed by atoms with van der Waals surface area (Å²) in [7, 11) is 0. The summed E-state index contributed by atoms with van der Waals surface area (Å²) in [5.74, 6) is -0.697. The Morgan fingerprint density at radius 3 is 2.52 bits per heavy atom. The van der Waals surface area contributed by atoms with Crippen LogP contribution in [0.25, 0.3) is 0 Å². The van der Waals surface area contributed by atoms with Crippen molar-refractivity contribution < 1.29 is 23.9 Å². The monoisotopic (exact) mass is 300 g/mol. The first-order chi connectivity index (χ1) is 9.74. The van der Waals surface area contributed by atoms with E-state index >= 15 is 0 Å². The number of rotatable bonds is 4. The molecule has 21 heavy (non-hydrogen) atoms. The minimum Gasteiger partial charge on any atom is -0.464 e. The van der Waals surface area contributed by atoms with Gasteiger partial charge in [-0.25, -0.2) is 9.59 Å². The third-order valence-corrected chi connectivity index (χ3v) is 2.91. The summed E-state index contributed by atoms with van der Waals surface area (Å²) >= 11 is 0. The fraction of sp³-hybridized carbons (Fsp3) is 0.786. The molecule has 0 aliphatic carbocycles. The maximum atomic E-state index is 12.1. The van der Waals surface area contributed by atoms with Crippen LogP contribution >= 0.6 is 0 Å². The molecule has 0 radical (unpaired) electrons. The SMILES string of the molecule is CCOC(=O)[C@@H]1CCCN1C(=O)CNC(=O)OC(C)(C)C. The second kappa shape index (κ2) is 7.28. The molecule has 1 saturated heterocycles. The third kappa shape index (κ3) is 5.61. The average Bonchev–Trinajstić information content (AvgIpc) is 2.83. The topological polar surface area (TPSA) is 84.9 Å². The van der Waals surface area contributed by atoms with Gasteiger partial charge in [-0.2, -0.15) is 0 Å². The summed E-state index contributed by atoms with van der Waals surface area (Å²) in [4.78, 5) is 36.8. The van der Waals surface area contributed by atoms with Crippen LogP contribution in [-0.2, 0) is 19.1 Å². The minimum absolute atomic E-state index is 0.190. The highest BCUT2D eigenvalue weighted by atomic mass is 16.6. The van der Waals surface area contributed by atoms with Gasteiger partial charge < -0.3 is 19.7 Å². The van der Waals surface area contributed by atoms with Crippen molar-refractivity contribution in [1.29, 1.82) is 0 Å². The van der Waals surface area contributed by atoms with Gasteiger partial charge in [-0.15, -0.1) is 0 Å². The highest BCUT2D eigenvalue weighted by Crippen LogP contribution is 2.18. The van der Waals surface area contributed by atoms with Gasteiger partial charge in [0, 0.05) is 6.54 Å². The third-order valence-electron chi connectivity index (χ3n) is 2.91. The van der Waals surface area contributed by atoms with Crippen LogP contribution < -0.4 is 5.32 Å². The zero-order valence-electron chi connectivity index (χ0n) is 13.1. The lowest BCUT2D eigenvalue weighted by Crippen LogP contribution is -2.46. The first-order valence-corrected chi connectivity index (χ1v) is 7.17. The van der Waals surface area contributed by atoms with Crippen molar-refractivity contribution in [3.8, 4) is 0 Å². The van der Waals surface area contributed by atoms with Crippen molar-refractivity contribution in [2.45, 2.75) is 52.2 Å². The Hall–Kier alpha value is -1.79. The van der Waals surface area contributed by atoms with Crippen LogP contribution in [-0.4, -0.2) is 54.2 Å². The Labute approximate surface area is 124 Å². The van der Waals surface area contributed by atoms with Gasteiger partial charge >= 0.3 is 12.1 Å². The number of ether oxygens (including phenoxy) is 2. The zero-order valence-corrected chi connectivity index (χ0v) is 13.1. The van der Waals surface area contributed by atoms with Gasteiger partial charge in [-0.1, -0.05) is 0 Å². The standard InChI is InChI=1S/C14H24N2O5/c1-5-20-12(18)10-7-6-8-16(10)11(17)9-15-13(19)21-14(2,3)4/h10H,5-9H2,1-4H3,(H,15,19)/t10-/m0/s1. The van der Waals surface area contributed by atoms with E-state index in [9.17, 15) is 14.4 Å². The van der Waals surface area contributed by atoms with Gasteiger partial charge in [0.15, 0.2) is 0 Å². The molecule has 0 aromatic heterocycles. The number of carbonyl (C=O) groups is 3. The summed E-state index contributed by atoms with van der Waals surface area (Å²) in [5, 5.41) is 2.40. The number of alkyl carbamates (subject to hydrolysis) is 1. The Kier molecular flexibility index (Phi) is 5.99. The lowest BCUT2D eigenvalue weighted by Gasteiger charge is -2.24. The summed E-state index contributed by atoms with van der Waals surface area (Å²) in [6.07, 6.45) is 0.696. The first kappa shape index (κ1) is 17.3. The van der Waals surface area contributed by atoms with E-state index in [0.717, 1.165) is 6.42 Å². The molecular formula is C14H24N2O5. The Morgan fingerprint density at radius 2 is 1.95 bits per heavy atom. The van der Waals surface area contributed by atoms with Gasteiger partial charge in [0.25, 0.3) is 0 Å². The quantitative estimate of drug-likeness (QED) is 0.785. The van der Waals surface area contributed by atoms with E-state index < -0.39 is 17.7 Å². The summed E-state index contributed by atoms with van der Waals surface area (Å²) < 4.78 is 10.0. The first-order valence-electron chi connectivity index (χ1n) is 7.17. The lowest BCUT2D eigenvalue weighted by atomic mass is 10.2. The molecule has 0 unspecified atom stereocenters. The second-order valence-corrected chi connectivity index (χ2v) is 5.85. The molecule has 1 heterocycles. The van der Waals surface area contributed by atoms with Crippen molar-refractivity contribution in [3.63, 3.8) is 0 Å². The average molecular weight is 300 g/mol. The summed E-state index contributed by atoms with van der Waals surface area (Å²) in [6, 6.07) is -0.544. The molecule has 0 aromatic rings. The molecule has 1 rings (SSSR count). The summed E-state index contributed by atoms with van der Waals surface area (Å²) in [5.41, 5.74) is -0.617. The maximum Gasteiger partial charge on any atom is 0.408 e. The minimum atomic E-state index is -0.650. The number of esters is 1. The molecule has 1 fully saturated rings. The van der Waals surface area contributed by atoms with Gasteiger partial charge in [0.1, 0.15) is 18.2 Å². The molecule has 7 nitrogen and oxygen atoms in total. The van der Waals surface area contributed by atoms with Crippen LogP contribution in [0.5, 0.6) is 0 Å². The highest BCUT2D eigenvalue weighted by Gasteiger charge is 2.35. The molecule has 7 heteroatoms. The summed E-state index contributed by atoms with van der Waals surface area (Å²) in [6.45, 7) is 7.54. The van der Waals surface area contributed by atoms with E-state index in [4.69, 9.17) is 9.47 Å². The molecule has 0 saturated carbocycles. The van der Waals surface area contributed by atoms with Crippen LogP contribution in [0.1, 0.15) is 40.5 Å². The molecular weight excluding hydrogens is 276 g/mol. The van der Waals surface area contributed by atoms with E-state index in [-0.39, 0.29) is 25.0 Å². The lowest BCUT2D eigenvalue weighted by molar-refractivity contribution is -0.152. The number of carbonyl (C=O) groups excluding carboxylic acids is 3. The molecule has 1 aliphatic heterocycles. The Morgan fingerprint density at radius 1 is 1.29 bits per heavy atom. The van der Waals surface area contributed by atoms with E-state index in [1.165, 1.54) is 4.90 Å². The van der Waals surface area contributed by atoms with Crippen LogP contribution in [0.15, 0.2) is 0 Å². The number of nitrogens with zero attached hydrogens (tertiary/aromatic N) is 1. The van der Waals surface area contributed by atoms with Gasteiger partial charge in [0.05, 0.1) is 6.61 Å². The molecule has 0 bridgehead atoms. The number of hydrogen-bond acceptors (Lipinski definition) is 5. The normalized spacial score (nSPS) is 18.3. The highest BCUT2D eigenvalue weighted by molar-refractivity contribution is 5.87. The van der Waals surface area contributed by atoms with Crippen molar-refractivity contribution in [1.82, 2.24) is 10.2 Å². The molecule has 0 aromatic carbocycles. The zero-order chi connectivity index (χ0) is 16.0. The Bertz CT molecular complexity index is 403. The van der Waals surface area contributed by atoms with Gasteiger partial charge in [-0.3, -0.25) is 4.79 Å². The van der Waals surface area contributed by atoms with Crippen molar-refractivity contribution in [2.75, 3.05) is 19.7 Å². The second-order valence-electron chi connectivity index (χ2n) is 5.85. The van der Waals surface area contributed by atoms with E-state index in [0.29, 0.717) is 13.0 Å². The fourth-order valence-corrected chi connectivity index (χ4v) is 2.11. The van der Waals surface area contributed by atoms with Crippen molar-refractivity contribution >= 4 is 18.0 Å². The van der Waals surface area contributed by atoms with E-state index in [2.05, 4.69) is 5.32 Å². The van der Waals surface area contributed by atoms with Gasteiger partial charge in [0.2, 0.25) is 5.91 Å². The molecule has 1 N–H and O–H groups in total. The smallest absolute Gasteiger partial charge is 0.408 e. The fourth-order valence-electron chi connectivity index (χ4n) is 2.11. The molecule has 2 amide bonds. The van der Waals surface area contributed by atoms with Crippen LogP contribution in [0.2, 0.25) is 0 Å². The van der Waals surface area contributed by atoms with E-state index in [1.54, 1.807) is 27.7 Å². The molecule has 1 aliphatic rings. The number of hydrogen-bond donors (Lipinski definition) is 1. The number of nitrogens with one attached hydrogen (secondary N) is 1. The van der Waals surface area contributed by atoms with Crippen molar-refractivity contribution in [2.24, 2.45) is 0 Å². The van der Waals surface area contributed by atoms with Crippen molar-refractivity contribution in [3.05, 3.63) is 0 Å². The van der Waals surface area contributed by atoms with Gasteiger partial charge in [-0.05, 0) is 40.5 Å². The molecule has 1 atom stereocenters. The van der Waals surface area contributed by atoms with E-state index in [1.807, 2.05) is 0 Å². The molecule has 120 valence electrons. The predicted octanol–water partition coefficient (Wildman–Crippen LogP) is 1.07. The predicted molar refractivity (Wildman–Crippen MR) is 75.6 cm³/mol. The molecule has 0 spiro atoms. The van der Waals surface area contributed by atoms with Crippen LogP contribution in [0.4, 0.5) is 4.79 Å². The largest absolute Gasteiger partial charge is 0.464 e.